The van der Waals surface area contributed by atoms with Crippen molar-refractivity contribution in [1.82, 2.24) is 14.5 Å². The molecule has 0 fully saturated rings. The third kappa shape index (κ3) is 4.10. The number of carbonyl (C=O) groups is 1. The van der Waals surface area contributed by atoms with E-state index in [0.29, 0.717) is 38.9 Å². The summed E-state index contributed by atoms with van der Waals surface area (Å²) < 4.78 is 30.7. The molecule has 6 rings (SSSR count). The van der Waals surface area contributed by atoms with E-state index in [1.807, 2.05) is 0 Å². The number of hydrogen-bond acceptors (Lipinski definition) is 4. The summed E-state index contributed by atoms with van der Waals surface area (Å²) in [5.74, 6) is -2.79. The van der Waals surface area contributed by atoms with Gasteiger partial charge in [0.2, 0.25) is 5.91 Å². The summed E-state index contributed by atoms with van der Waals surface area (Å²) in [7, 11) is 0. The van der Waals surface area contributed by atoms with Crippen molar-refractivity contribution in [2.24, 2.45) is 5.73 Å². The summed E-state index contributed by atoms with van der Waals surface area (Å²) in [6, 6.07) is 13.6. The molecule has 0 saturated heterocycles. The Morgan fingerprint density at radius 2 is 1.73 bits per heavy atom. The van der Waals surface area contributed by atoms with Gasteiger partial charge in [0.1, 0.15) is 11.6 Å². The van der Waals surface area contributed by atoms with Crippen molar-refractivity contribution in [2.45, 2.75) is 38.7 Å². The van der Waals surface area contributed by atoms with Crippen molar-refractivity contribution in [2.75, 3.05) is 0 Å². The molecule has 41 heavy (non-hydrogen) atoms. The number of fused-ring (bicyclic) bond motifs is 4. The fourth-order valence-corrected chi connectivity index (χ4v) is 5.72. The SMILES string of the molecule is Cc1c(C2=C(F)CC(C(N)=O)c3[nH]c4cc(C(C)(C)O)ccc4c32)cccc1-n1c(=O)[nH]c2cc(F)ccc2c1=O. The molecule has 1 amide bonds. The summed E-state index contributed by atoms with van der Waals surface area (Å²) in [6.07, 6.45) is -0.269. The van der Waals surface area contributed by atoms with Crippen LogP contribution in [-0.4, -0.2) is 25.5 Å². The van der Waals surface area contributed by atoms with Crippen molar-refractivity contribution in [3.63, 3.8) is 0 Å². The molecule has 5 aromatic rings. The average Bonchev–Trinajstić information content (AvgIpc) is 3.27. The zero-order valence-corrected chi connectivity index (χ0v) is 22.4. The molecule has 0 spiro atoms. The van der Waals surface area contributed by atoms with Crippen molar-refractivity contribution in [1.29, 1.82) is 0 Å². The van der Waals surface area contributed by atoms with Gasteiger partial charge in [-0.3, -0.25) is 9.59 Å². The second kappa shape index (κ2) is 9.10. The molecule has 1 aliphatic carbocycles. The number of hydrogen-bond donors (Lipinski definition) is 4. The molecule has 1 unspecified atom stereocenters. The molecule has 2 aromatic heterocycles. The summed E-state index contributed by atoms with van der Waals surface area (Å²) in [5.41, 5.74) is 6.61. The van der Waals surface area contributed by atoms with Gasteiger partial charge >= 0.3 is 5.69 Å². The predicted molar refractivity (Wildman–Crippen MR) is 152 cm³/mol. The van der Waals surface area contributed by atoms with Gasteiger partial charge in [-0.15, -0.1) is 0 Å². The maximum Gasteiger partial charge on any atom is 0.333 e. The Labute approximate surface area is 231 Å². The normalized spacial score (nSPS) is 15.5. The van der Waals surface area contributed by atoms with Crippen molar-refractivity contribution in [3.05, 3.63) is 115 Å². The van der Waals surface area contributed by atoms with E-state index in [4.69, 9.17) is 5.73 Å². The van der Waals surface area contributed by atoms with Gasteiger partial charge < -0.3 is 20.8 Å². The van der Waals surface area contributed by atoms with E-state index < -0.39 is 40.3 Å². The zero-order valence-electron chi connectivity index (χ0n) is 22.4. The number of rotatable bonds is 4. The Morgan fingerprint density at radius 3 is 2.44 bits per heavy atom. The third-order valence-corrected chi connectivity index (χ3v) is 7.81. The first-order valence-electron chi connectivity index (χ1n) is 13.0. The molecule has 5 N–H and O–H groups in total. The maximum absolute atomic E-state index is 16.1. The van der Waals surface area contributed by atoms with Gasteiger partial charge in [0, 0.05) is 34.2 Å². The number of primary amides is 1. The molecule has 208 valence electrons. The van der Waals surface area contributed by atoms with E-state index in [2.05, 4.69) is 9.97 Å². The van der Waals surface area contributed by atoms with Crippen molar-refractivity contribution < 1.29 is 18.7 Å². The van der Waals surface area contributed by atoms with Crippen LogP contribution in [-0.2, 0) is 10.4 Å². The third-order valence-electron chi connectivity index (χ3n) is 7.81. The number of allylic oxidation sites excluding steroid dienone is 1. The number of halogens is 2. The molecule has 2 heterocycles. The minimum absolute atomic E-state index is 0.0671. The van der Waals surface area contributed by atoms with E-state index in [1.165, 1.54) is 6.07 Å². The highest BCUT2D eigenvalue weighted by atomic mass is 19.1. The van der Waals surface area contributed by atoms with E-state index in [1.54, 1.807) is 57.2 Å². The number of H-pyrrole nitrogens is 2. The lowest BCUT2D eigenvalue weighted by atomic mass is 9.81. The maximum atomic E-state index is 16.1. The Morgan fingerprint density at radius 1 is 1.02 bits per heavy atom. The van der Waals surface area contributed by atoms with Crippen LogP contribution in [0.3, 0.4) is 0 Å². The number of aliphatic hydroxyl groups is 1. The largest absolute Gasteiger partial charge is 0.386 e. The first-order valence-corrected chi connectivity index (χ1v) is 13.0. The number of nitrogens with two attached hydrogens (primary N) is 1. The number of aromatic amines is 2. The van der Waals surface area contributed by atoms with Crippen LogP contribution in [0.5, 0.6) is 0 Å². The monoisotopic (exact) mass is 556 g/mol. The van der Waals surface area contributed by atoms with Crippen LogP contribution in [0.2, 0.25) is 0 Å². The molecular weight excluding hydrogens is 530 g/mol. The van der Waals surface area contributed by atoms with Gasteiger partial charge in [-0.25, -0.2) is 18.1 Å². The van der Waals surface area contributed by atoms with Gasteiger partial charge in [-0.05, 0) is 67.8 Å². The fourth-order valence-electron chi connectivity index (χ4n) is 5.72. The molecule has 0 saturated carbocycles. The number of nitrogens with one attached hydrogen (secondary N) is 2. The number of benzene rings is 3. The molecule has 3 aromatic carbocycles. The molecule has 1 atom stereocenters. The van der Waals surface area contributed by atoms with Gasteiger partial charge in [-0.1, -0.05) is 24.3 Å². The van der Waals surface area contributed by atoms with Crippen LogP contribution in [0.1, 0.15) is 54.1 Å². The van der Waals surface area contributed by atoms with E-state index in [0.717, 1.165) is 16.7 Å². The lowest BCUT2D eigenvalue weighted by Crippen LogP contribution is -2.34. The van der Waals surface area contributed by atoms with Gasteiger partial charge in [0.25, 0.3) is 5.56 Å². The van der Waals surface area contributed by atoms with E-state index in [-0.39, 0.29) is 28.6 Å². The molecule has 0 aliphatic heterocycles. The quantitative estimate of drug-likeness (QED) is 0.259. The van der Waals surface area contributed by atoms with Crippen molar-refractivity contribution in [3.8, 4) is 5.69 Å². The Bertz CT molecular complexity index is 2080. The smallest absolute Gasteiger partial charge is 0.333 e. The molecule has 0 radical (unpaired) electrons. The highest BCUT2D eigenvalue weighted by Crippen LogP contribution is 2.47. The van der Waals surface area contributed by atoms with Gasteiger partial charge in [-0.2, -0.15) is 0 Å². The predicted octanol–water partition coefficient (Wildman–Crippen LogP) is 4.54. The summed E-state index contributed by atoms with van der Waals surface area (Å²) >= 11 is 0. The number of aromatic nitrogens is 3. The van der Waals surface area contributed by atoms with Crippen molar-refractivity contribution >= 4 is 33.3 Å². The molecule has 8 nitrogen and oxygen atoms in total. The van der Waals surface area contributed by atoms with Crippen LogP contribution in [0.15, 0.2) is 70.0 Å². The average molecular weight is 557 g/mol. The molecule has 10 heteroatoms. The zero-order chi connectivity index (χ0) is 29.4. The highest BCUT2D eigenvalue weighted by molar-refractivity contribution is 6.03. The lowest BCUT2D eigenvalue weighted by molar-refractivity contribution is -0.119. The summed E-state index contributed by atoms with van der Waals surface area (Å²) in [6.45, 7) is 4.97. The minimum Gasteiger partial charge on any atom is -0.386 e. The molecule has 1 aliphatic rings. The van der Waals surface area contributed by atoms with Crippen LogP contribution in [0.25, 0.3) is 33.1 Å². The van der Waals surface area contributed by atoms with Crippen LogP contribution in [0, 0.1) is 12.7 Å². The van der Waals surface area contributed by atoms with Gasteiger partial charge in [0.05, 0.1) is 28.1 Å². The second-order valence-corrected chi connectivity index (χ2v) is 10.9. The van der Waals surface area contributed by atoms with Crippen LogP contribution >= 0.6 is 0 Å². The highest BCUT2D eigenvalue weighted by Gasteiger charge is 2.35. The number of carbonyl (C=O) groups excluding carboxylic acids is 1. The van der Waals surface area contributed by atoms with Crippen LogP contribution in [0.4, 0.5) is 8.78 Å². The second-order valence-electron chi connectivity index (χ2n) is 10.9. The number of amides is 1. The van der Waals surface area contributed by atoms with Gasteiger partial charge in [0.15, 0.2) is 0 Å². The minimum atomic E-state index is -1.14. The first kappa shape index (κ1) is 26.4. The first-order chi connectivity index (χ1) is 19.4. The Balaban J connectivity index is 1.61. The number of nitrogens with zero attached hydrogens (tertiary/aromatic N) is 1. The Hall–Kier alpha value is -4.83. The fraction of sp³-hybridized carbons (Fsp3) is 0.194. The topological polar surface area (TPSA) is 134 Å². The summed E-state index contributed by atoms with van der Waals surface area (Å²) in [5, 5.41) is 11.3. The lowest BCUT2D eigenvalue weighted by Gasteiger charge is -2.24. The van der Waals surface area contributed by atoms with E-state index >= 15 is 4.39 Å². The Kier molecular flexibility index (Phi) is 5.86. The van der Waals surface area contributed by atoms with Crippen LogP contribution < -0.4 is 17.0 Å². The van der Waals surface area contributed by atoms with E-state index in [9.17, 15) is 23.9 Å². The molecule has 0 bridgehead atoms. The molecular formula is C31H26F2N4O4. The summed E-state index contributed by atoms with van der Waals surface area (Å²) in [4.78, 5) is 44.6. The standard InChI is InChI=1S/C31H26F2N4O4/c1-14-17(5-4-6-24(14)37-29(39)19-10-8-16(32)12-23(19)36-30(37)40)25-21(33)13-20(28(34)38)27-26(25)18-9-7-15(31(2,3)41)11-22(18)35-27/h4-12,20,35,41H,13H2,1-3H3,(H2,34,38)(H,36,40).